The number of methoxy groups -OCH3 is 1. The highest BCUT2D eigenvalue weighted by atomic mass is 35.5. The topological polar surface area (TPSA) is 58.6 Å². The standard InChI is InChI=1S/C13H20N2O3S.ClH/c1-11(18-2)10-19(16,17)15-8-7-14-9-12-5-3-4-6-13(12)15;/h3-6,11,14H,7-10H2,1-2H3;1H. The highest BCUT2D eigenvalue weighted by Crippen LogP contribution is 2.25. The van der Waals surface area contributed by atoms with Gasteiger partial charge in [-0.2, -0.15) is 0 Å². The van der Waals surface area contributed by atoms with Gasteiger partial charge in [0.1, 0.15) is 0 Å². The van der Waals surface area contributed by atoms with E-state index in [4.69, 9.17) is 4.74 Å². The van der Waals surface area contributed by atoms with Crippen molar-refractivity contribution in [1.82, 2.24) is 5.32 Å². The van der Waals surface area contributed by atoms with Crippen LogP contribution in [0, 0.1) is 0 Å². The molecule has 1 aromatic carbocycles. The van der Waals surface area contributed by atoms with E-state index in [-0.39, 0.29) is 24.3 Å². The van der Waals surface area contributed by atoms with Crippen LogP contribution in [0.15, 0.2) is 24.3 Å². The van der Waals surface area contributed by atoms with Crippen LogP contribution in [0.25, 0.3) is 0 Å². The summed E-state index contributed by atoms with van der Waals surface area (Å²) in [5, 5.41) is 3.24. The second-order valence-corrected chi connectivity index (χ2v) is 6.64. The first-order valence-corrected chi connectivity index (χ1v) is 7.97. The lowest BCUT2D eigenvalue weighted by molar-refractivity contribution is 0.136. The fourth-order valence-electron chi connectivity index (χ4n) is 2.17. The van der Waals surface area contributed by atoms with E-state index >= 15 is 0 Å². The molecule has 20 heavy (non-hydrogen) atoms. The molecule has 0 saturated heterocycles. The van der Waals surface area contributed by atoms with Crippen LogP contribution in [0.3, 0.4) is 0 Å². The van der Waals surface area contributed by atoms with E-state index in [1.165, 1.54) is 11.4 Å². The van der Waals surface area contributed by atoms with Gasteiger partial charge in [-0.3, -0.25) is 4.31 Å². The minimum atomic E-state index is -3.36. The highest BCUT2D eigenvalue weighted by molar-refractivity contribution is 7.92. The number of halogens is 1. The predicted octanol–water partition coefficient (Wildman–Crippen LogP) is 1.38. The van der Waals surface area contributed by atoms with Gasteiger partial charge in [0.25, 0.3) is 0 Å². The second-order valence-electron chi connectivity index (χ2n) is 4.70. The van der Waals surface area contributed by atoms with Gasteiger partial charge in [-0.05, 0) is 18.6 Å². The van der Waals surface area contributed by atoms with Gasteiger partial charge in [0.15, 0.2) is 0 Å². The number of benzene rings is 1. The van der Waals surface area contributed by atoms with Crippen LogP contribution >= 0.6 is 12.4 Å². The average molecular weight is 321 g/mol. The van der Waals surface area contributed by atoms with Gasteiger partial charge in [0.05, 0.1) is 17.5 Å². The predicted molar refractivity (Wildman–Crippen MR) is 83.0 cm³/mol. The van der Waals surface area contributed by atoms with Crippen molar-refractivity contribution in [1.29, 1.82) is 0 Å². The summed E-state index contributed by atoms with van der Waals surface area (Å²) in [5.74, 6) is -0.00215. The maximum Gasteiger partial charge on any atom is 0.237 e. The van der Waals surface area contributed by atoms with E-state index in [0.29, 0.717) is 19.6 Å². The van der Waals surface area contributed by atoms with Crippen LogP contribution in [0.2, 0.25) is 0 Å². The lowest BCUT2D eigenvalue weighted by Crippen LogP contribution is -2.39. The van der Waals surface area contributed by atoms with Crippen LogP contribution in [0.5, 0.6) is 0 Å². The number of para-hydroxylation sites is 1. The summed E-state index contributed by atoms with van der Waals surface area (Å²) in [5.41, 5.74) is 1.78. The van der Waals surface area contributed by atoms with Crippen molar-refractivity contribution in [3.05, 3.63) is 29.8 Å². The number of hydrogen-bond donors (Lipinski definition) is 1. The van der Waals surface area contributed by atoms with Crippen molar-refractivity contribution < 1.29 is 13.2 Å². The molecule has 1 heterocycles. The Morgan fingerprint density at radius 1 is 1.40 bits per heavy atom. The molecule has 1 aromatic rings. The molecule has 0 aromatic heterocycles. The van der Waals surface area contributed by atoms with Gasteiger partial charge in [0, 0.05) is 26.7 Å². The van der Waals surface area contributed by atoms with Gasteiger partial charge in [0.2, 0.25) is 10.0 Å². The van der Waals surface area contributed by atoms with Crippen molar-refractivity contribution >= 4 is 28.1 Å². The van der Waals surface area contributed by atoms with Crippen molar-refractivity contribution in [2.45, 2.75) is 19.6 Å². The maximum atomic E-state index is 12.5. The van der Waals surface area contributed by atoms with E-state index in [9.17, 15) is 8.42 Å². The Morgan fingerprint density at radius 2 is 2.10 bits per heavy atom. The lowest BCUT2D eigenvalue weighted by atomic mass is 10.2. The first-order valence-electron chi connectivity index (χ1n) is 6.36. The van der Waals surface area contributed by atoms with Crippen molar-refractivity contribution in [3.8, 4) is 0 Å². The smallest absolute Gasteiger partial charge is 0.237 e. The summed E-state index contributed by atoms with van der Waals surface area (Å²) >= 11 is 0. The van der Waals surface area contributed by atoms with Crippen LogP contribution < -0.4 is 9.62 Å². The summed E-state index contributed by atoms with van der Waals surface area (Å²) in [6, 6.07) is 7.61. The fraction of sp³-hybridized carbons (Fsp3) is 0.538. The maximum absolute atomic E-state index is 12.5. The van der Waals surface area contributed by atoms with Crippen LogP contribution in [0.1, 0.15) is 12.5 Å². The summed E-state index contributed by atoms with van der Waals surface area (Å²) in [6.45, 7) is 3.56. The Hall–Kier alpha value is -0.820. The van der Waals surface area contributed by atoms with E-state index in [0.717, 1.165) is 11.3 Å². The molecule has 5 nitrogen and oxygen atoms in total. The number of fused-ring (bicyclic) bond motifs is 1. The molecular weight excluding hydrogens is 300 g/mol. The van der Waals surface area contributed by atoms with Gasteiger partial charge in [-0.25, -0.2) is 8.42 Å². The zero-order valence-electron chi connectivity index (χ0n) is 11.7. The van der Waals surface area contributed by atoms with Gasteiger partial charge in [-0.15, -0.1) is 12.4 Å². The number of anilines is 1. The summed E-state index contributed by atoms with van der Waals surface area (Å²) in [6.07, 6.45) is -0.312. The van der Waals surface area contributed by atoms with Gasteiger partial charge in [-0.1, -0.05) is 18.2 Å². The van der Waals surface area contributed by atoms with Crippen molar-refractivity contribution in [3.63, 3.8) is 0 Å². The third-order valence-corrected chi connectivity index (χ3v) is 5.19. The number of hydrogen-bond acceptors (Lipinski definition) is 4. The second kappa shape index (κ2) is 7.26. The minimum Gasteiger partial charge on any atom is -0.381 e. The molecule has 1 N–H and O–H groups in total. The van der Waals surface area contributed by atoms with Crippen LogP contribution in [-0.4, -0.2) is 40.5 Å². The molecule has 0 spiro atoms. The fourth-order valence-corrected chi connectivity index (χ4v) is 3.93. The SMILES string of the molecule is COC(C)CS(=O)(=O)N1CCNCc2ccccc21.Cl. The van der Waals surface area contributed by atoms with E-state index in [1.54, 1.807) is 6.92 Å². The molecule has 1 aliphatic heterocycles. The number of nitrogens with one attached hydrogen (secondary N) is 1. The first kappa shape index (κ1) is 17.2. The molecule has 0 radical (unpaired) electrons. The number of rotatable bonds is 4. The molecule has 0 bridgehead atoms. The van der Waals surface area contributed by atoms with Crippen molar-refractivity contribution in [2.24, 2.45) is 0 Å². The molecule has 1 atom stereocenters. The van der Waals surface area contributed by atoms with Gasteiger partial charge >= 0.3 is 0 Å². The quantitative estimate of drug-likeness (QED) is 0.910. The van der Waals surface area contributed by atoms with Crippen LogP contribution in [0.4, 0.5) is 5.69 Å². The van der Waals surface area contributed by atoms with E-state index in [1.807, 2.05) is 24.3 Å². The summed E-state index contributed by atoms with van der Waals surface area (Å²) < 4.78 is 31.5. The monoisotopic (exact) mass is 320 g/mol. The molecule has 7 heteroatoms. The highest BCUT2D eigenvalue weighted by Gasteiger charge is 2.27. The first-order chi connectivity index (χ1) is 9.04. The van der Waals surface area contributed by atoms with Crippen LogP contribution in [-0.2, 0) is 21.3 Å². The molecule has 0 aliphatic carbocycles. The third kappa shape index (κ3) is 3.85. The van der Waals surface area contributed by atoms with Gasteiger partial charge < -0.3 is 10.1 Å². The molecule has 0 amide bonds. The lowest BCUT2D eigenvalue weighted by Gasteiger charge is -2.25. The van der Waals surface area contributed by atoms with E-state index < -0.39 is 10.0 Å². The molecule has 2 rings (SSSR count). The number of nitrogens with zero attached hydrogens (tertiary/aromatic N) is 1. The Kier molecular flexibility index (Phi) is 6.26. The molecular formula is C13H21ClN2O3S. The average Bonchev–Trinajstić information content (AvgIpc) is 2.60. The largest absolute Gasteiger partial charge is 0.381 e. The minimum absolute atomic E-state index is 0. The molecule has 1 unspecified atom stereocenters. The molecule has 0 saturated carbocycles. The summed E-state index contributed by atoms with van der Waals surface area (Å²) in [7, 11) is -1.84. The van der Waals surface area contributed by atoms with E-state index in [2.05, 4.69) is 5.32 Å². The molecule has 0 fully saturated rings. The Labute approximate surface area is 126 Å². The number of sulfonamides is 1. The third-order valence-electron chi connectivity index (χ3n) is 3.25. The molecule has 114 valence electrons. The zero-order chi connectivity index (χ0) is 13.9. The Morgan fingerprint density at radius 3 is 2.80 bits per heavy atom. The number of ether oxygens (including phenoxy) is 1. The Balaban J connectivity index is 0.00000200. The Bertz CT molecular complexity index is 536. The summed E-state index contributed by atoms with van der Waals surface area (Å²) in [4.78, 5) is 0. The van der Waals surface area contributed by atoms with Crippen molar-refractivity contribution in [2.75, 3.05) is 30.3 Å². The normalized spacial score (nSPS) is 16.8. The molecule has 1 aliphatic rings. The zero-order valence-corrected chi connectivity index (χ0v) is 13.3.